The van der Waals surface area contributed by atoms with Gasteiger partial charge in [0.1, 0.15) is 5.82 Å². The fourth-order valence-electron chi connectivity index (χ4n) is 3.21. The van der Waals surface area contributed by atoms with Gasteiger partial charge in [-0.25, -0.2) is 0 Å². The van der Waals surface area contributed by atoms with Crippen LogP contribution in [0.5, 0.6) is 0 Å². The van der Waals surface area contributed by atoms with Crippen LogP contribution in [0.2, 0.25) is 0 Å². The van der Waals surface area contributed by atoms with Gasteiger partial charge in [-0.05, 0) is 45.2 Å². The summed E-state index contributed by atoms with van der Waals surface area (Å²) in [6.07, 6.45) is 4.97. The number of carbonyl (C=O) groups is 1. The van der Waals surface area contributed by atoms with E-state index in [0.717, 1.165) is 57.0 Å². The van der Waals surface area contributed by atoms with Gasteiger partial charge in [-0.3, -0.25) is 4.79 Å². The lowest BCUT2D eigenvalue weighted by molar-refractivity contribution is -0.122. The van der Waals surface area contributed by atoms with Gasteiger partial charge < -0.3 is 15.2 Å². The van der Waals surface area contributed by atoms with Crippen LogP contribution >= 0.6 is 0 Å². The second-order valence-corrected chi connectivity index (χ2v) is 5.92. The first-order chi connectivity index (χ1) is 9.74. The third kappa shape index (κ3) is 2.85. The molecule has 0 bridgehead atoms. The van der Waals surface area contributed by atoms with Crippen LogP contribution in [-0.2, 0) is 17.8 Å². The molecular weight excluding hydrogens is 254 g/mol. The normalized spacial score (nSPS) is 20.6. The summed E-state index contributed by atoms with van der Waals surface area (Å²) in [5.41, 5.74) is 0. The molecule has 20 heavy (non-hydrogen) atoms. The Morgan fingerprint density at radius 3 is 3.05 bits per heavy atom. The van der Waals surface area contributed by atoms with Gasteiger partial charge in [0.25, 0.3) is 0 Å². The highest BCUT2D eigenvalue weighted by Crippen LogP contribution is 2.20. The lowest BCUT2D eigenvalue weighted by Crippen LogP contribution is -2.34. The largest absolute Gasteiger partial charge is 0.346 e. The first-order valence-electron chi connectivity index (χ1n) is 7.66. The predicted molar refractivity (Wildman–Crippen MR) is 75.1 cm³/mol. The molecule has 1 saturated heterocycles. The summed E-state index contributed by atoms with van der Waals surface area (Å²) in [6, 6.07) is -0.0523. The quantitative estimate of drug-likeness (QED) is 0.853. The minimum atomic E-state index is -0.0523. The zero-order chi connectivity index (χ0) is 13.9. The van der Waals surface area contributed by atoms with E-state index >= 15 is 0 Å². The number of rotatable bonds is 4. The van der Waals surface area contributed by atoms with Gasteiger partial charge in [0.2, 0.25) is 5.91 Å². The molecule has 1 unspecified atom stereocenters. The molecule has 0 aromatic carbocycles. The molecule has 1 aromatic heterocycles. The third-order valence-electron chi connectivity index (χ3n) is 4.34. The van der Waals surface area contributed by atoms with Gasteiger partial charge in [0, 0.05) is 19.4 Å². The van der Waals surface area contributed by atoms with Crippen LogP contribution in [0.25, 0.3) is 0 Å². The number of piperidine rings is 1. The molecule has 0 radical (unpaired) electrons. The Morgan fingerprint density at radius 2 is 2.25 bits per heavy atom. The molecule has 1 aromatic rings. The van der Waals surface area contributed by atoms with Crippen LogP contribution in [0.15, 0.2) is 0 Å². The van der Waals surface area contributed by atoms with Crippen LogP contribution in [0.4, 0.5) is 0 Å². The van der Waals surface area contributed by atoms with Crippen molar-refractivity contribution in [1.29, 1.82) is 0 Å². The molecule has 1 amide bonds. The molecule has 1 atom stereocenters. The molecule has 2 aliphatic heterocycles. The molecule has 2 N–H and O–H groups in total. The average Bonchev–Trinajstić information content (AvgIpc) is 3.01. The van der Waals surface area contributed by atoms with Crippen LogP contribution in [0, 0.1) is 5.92 Å². The number of aryl methyl sites for hydroxylation is 1. The Balaban J connectivity index is 1.55. The molecule has 0 aliphatic carbocycles. The van der Waals surface area contributed by atoms with E-state index in [-0.39, 0.29) is 11.9 Å². The number of nitrogens with zero attached hydrogens (tertiary/aromatic N) is 3. The van der Waals surface area contributed by atoms with E-state index in [1.807, 2.05) is 6.92 Å². The van der Waals surface area contributed by atoms with Gasteiger partial charge in [0.05, 0.1) is 6.04 Å². The molecule has 2 aliphatic rings. The van der Waals surface area contributed by atoms with Crippen molar-refractivity contribution < 1.29 is 4.79 Å². The molecule has 0 saturated carbocycles. The van der Waals surface area contributed by atoms with E-state index < -0.39 is 0 Å². The van der Waals surface area contributed by atoms with Crippen molar-refractivity contribution in [3.63, 3.8) is 0 Å². The van der Waals surface area contributed by atoms with Gasteiger partial charge >= 0.3 is 0 Å². The summed E-state index contributed by atoms with van der Waals surface area (Å²) < 4.78 is 2.15. The summed E-state index contributed by atoms with van der Waals surface area (Å²) in [7, 11) is 0. The Hall–Kier alpha value is -1.43. The number of fused-ring (bicyclic) bond motifs is 1. The van der Waals surface area contributed by atoms with Crippen molar-refractivity contribution in [1.82, 2.24) is 25.4 Å². The lowest BCUT2D eigenvalue weighted by Gasteiger charge is -2.23. The minimum absolute atomic E-state index is 0.0523. The first-order valence-corrected chi connectivity index (χ1v) is 7.66. The second kappa shape index (κ2) is 5.91. The van der Waals surface area contributed by atoms with E-state index in [1.165, 1.54) is 0 Å². The highest BCUT2D eigenvalue weighted by molar-refractivity contribution is 5.76. The van der Waals surface area contributed by atoms with E-state index in [9.17, 15) is 4.79 Å². The Labute approximate surface area is 119 Å². The number of hydrogen-bond acceptors (Lipinski definition) is 4. The highest BCUT2D eigenvalue weighted by atomic mass is 16.1. The maximum Gasteiger partial charge on any atom is 0.220 e. The molecule has 110 valence electrons. The predicted octanol–water partition coefficient (Wildman–Crippen LogP) is 0.791. The average molecular weight is 277 g/mol. The zero-order valence-corrected chi connectivity index (χ0v) is 12.1. The van der Waals surface area contributed by atoms with Crippen LogP contribution in [-0.4, -0.2) is 33.8 Å². The summed E-state index contributed by atoms with van der Waals surface area (Å²) in [5, 5.41) is 14.8. The van der Waals surface area contributed by atoms with E-state index in [4.69, 9.17) is 0 Å². The number of carbonyl (C=O) groups excluding carboxylic acids is 1. The molecular formula is C14H23N5O. The van der Waals surface area contributed by atoms with E-state index in [0.29, 0.717) is 12.3 Å². The van der Waals surface area contributed by atoms with Crippen molar-refractivity contribution in [3.8, 4) is 0 Å². The van der Waals surface area contributed by atoms with Gasteiger partial charge in [-0.15, -0.1) is 10.2 Å². The summed E-state index contributed by atoms with van der Waals surface area (Å²) in [6.45, 7) is 5.04. The monoisotopic (exact) mass is 277 g/mol. The summed E-state index contributed by atoms with van der Waals surface area (Å²) in [4.78, 5) is 12.1. The minimum Gasteiger partial charge on any atom is -0.346 e. The molecule has 6 nitrogen and oxygen atoms in total. The van der Waals surface area contributed by atoms with Crippen molar-refractivity contribution in [2.45, 2.75) is 51.6 Å². The molecule has 6 heteroatoms. The number of amides is 1. The third-order valence-corrected chi connectivity index (χ3v) is 4.34. The van der Waals surface area contributed by atoms with Crippen LogP contribution in [0.3, 0.4) is 0 Å². The second-order valence-electron chi connectivity index (χ2n) is 5.92. The standard InChI is InChI=1S/C14H23N5O/c1-10(14-18-17-12-3-2-8-19(12)14)16-13(20)9-11-4-6-15-7-5-11/h10-11,15H,2-9H2,1H3,(H,16,20). The maximum atomic E-state index is 12.1. The van der Waals surface area contributed by atoms with Crippen molar-refractivity contribution >= 4 is 5.91 Å². The lowest BCUT2D eigenvalue weighted by atomic mass is 9.94. The fourth-order valence-corrected chi connectivity index (χ4v) is 3.21. The topological polar surface area (TPSA) is 71.8 Å². The summed E-state index contributed by atoms with van der Waals surface area (Å²) in [5.74, 6) is 2.61. The Kier molecular flexibility index (Phi) is 4.00. The molecule has 1 fully saturated rings. The molecule has 0 spiro atoms. The highest BCUT2D eigenvalue weighted by Gasteiger charge is 2.23. The van der Waals surface area contributed by atoms with Gasteiger partial charge in [0.15, 0.2) is 5.82 Å². The Morgan fingerprint density at radius 1 is 1.45 bits per heavy atom. The molecule has 3 rings (SSSR count). The molecule has 3 heterocycles. The maximum absolute atomic E-state index is 12.1. The van der Waals surface area contributed by atoms with Crippen molar-refractivity contribution in [2.24, 2.45) is 5.92 Å². The smallest absolute Gasteiger partial charge is 0.220 e. The first kappa shape index (κ1) is 13.5. The number of aromatic nitrogens is 3. The van der Waals surface area contributed by atoms with Crippen molar-refractivity contribution in [2.75, 3.05) is 13.1 Å². The van der Waals surface area contributed by atoms with Crippen LogP contribution in [0.1, 0.15) is 50.3 Å². The summed E-state index contributed by atoms with van der Waals surface area (Å²) >= 11 is 0. The number of hydrogen-bond donors (Lipinski definition) is 2. The van der Waals surface area contributed by atoms with E-state index in [1.54, 1.807) is 0 Å². The van der Waals surface area contributed by atoms with Crippen molar-refractivity contribution in [3.05, 3.63) is 11.6 Å². The van der Waals surface area contributed by atoms with Gasteiger partial charge in [-0.2, -0.15) is 0 Å². The van der Waals surface area contributed by atoms with Gasteiger partial charge in [-0.1, -0.05) is 0 Å². The number of nitrogens with one attached hydrogen (secondary N) is 2. The Bertz CT molecular complexity index is 478. The SMILES string of the molecule is CC(NC(=O)CC1CCNCC1)c1nnc2n1CCC2. The fraction of sp³-hybridized carbons (Fsp3) is 0.786. The van der Waals surface area contributed by atoms with Crippen LogP contribution < -0.4 is 10.6 Å². The zero-order valence-electron chi connectivity index (χ0n) is 12.1. The van der Waals surface area contributed by atoms with E-state index in [2.05, 4.69) is 25.4 Å².